The molecule has 1 saturated carbocycles. The van der Waals surface area contributed by atoms with E-state index in [4.69, 9.17) is 23.1 Å². The number of alkyl halides is 3. The maximum absolute atomic E-state index is 14.0. The molecule has 2 aromatic carbocycles. The first-order chi connectivity index (χ1) is 24.0. The number of urea groups is 1. The molecule has 0 unspecified atom stereocenters. The predicted octanol–water partition coefficient (Wildman–Crippen LogP) is 4.21. The molecule has 0 bridgehead atoms. The summed E-state index contributed by atoms with van der Waals surface area (Å²) in [6, 6.07) is 10.00. The minimum absolute atomic E-state index is 0.142. The van der Waals surface area contributed by atoms with E-state index in [1.54, 1.807) is 9.80 Å². The van der Waals surface area contributed by atoms with Crippen molar-refractivity contribution in [1.29, 1.82) is 0 Å². The normalized spacial score (nSPS) is 21.0. The van der Waals surface area contributed by atoms with Crippen LogP contribution in [0.2, 0.25) is 5.02 Å². The zero-order valence-electron chi connectivity index (χ0n) is 28.6. The van der Waals surface area contributed by atoms with Gasteiger partial charge in [-0.15, -0.1) is 0 Å². The fraction of sp³-hybridized carbons (Fsp3) is 0.611. The van der Waals surface area contributed by atoms with Crippen LogP contribution in [0, 0.1) is 0 Å². The van der Waals surface area contributed by atoms with Crippen molar-refractivity contribution in [2.45, 2.75) is 81.7 Å². The Labute approximate surface area is 297 Å². The number of rotatable bonds is 10. The Bertz CT molecular complexity index is 1480. The Morgan fingerprint density at radius 2 is 1.44 bits per heavy atom. The Hall–Kier alpha value is -3.26. The maximum atomic E-state index is 14.0. The van der Waals surface area contributed by atoms with Crippen molar-refractivity contribution >= 4 is 34.9 Å². The van der Waals surface area contributed by atoms with Crippen LogP contribution in [0.15, 0.2) is 36.4 Å². The zero-order valence-corrected chi connectivity index (χ0v) is 29.3. The van der Waals surface area contributed by atoms with Crippen LogP contribution in [0.4, 0.5) is 29.3 Å². The van der Waals surface area contributed by atoms with E-state index in [0.717, 1.165) is 88.2 Å². The van der Waals surface area contributed by atoms with Gasteiger partial charge >= 0.3 is 12.2 Å². The van der Waals surface area contributed by atoms with Crippen molar-refractivity contribution < 1.29 is 22.8 Å². The van der Waals surface area contributed by atoms with Gasteiger partial charge in [-0.05, 0) is 80.8 Å². The summed E-state index contributed by atoms with van der Waals surface area (Å²) in [5.74, 6) is -0.298. The molecular formula is C36H50ClF3N8O2. The molecule has 14 heteroatoms. The van der Waals surface area contributed by atoms with Gasteiger partial charge in [0, 0.05) is 82.6 Å². The summed E-state index contributed by atoms with van der Waals surface area (Å²) in [6.45, 7) is 7.02. The molecule has 3 aliphatic heterocycles. The fourth-order valence-corrected chi connectivity index (χ4v) is 7.98. The van der Waals surface area contributed by atoms with Gasteiger partial charge in [-0.1, -0.05) is 29.8 Å². The van der Waals surface area contributed by atoms with E-state index in [1.165, 1.54) is 18.9 Å². The number of benzene rings is 2. The number of halogens is 4. The minimum Gasteiger partial charge on any atom is -0.399 e. The first-order valence-electron chi connectivity index (χ1n) is 18.0. The molecule has 0 aromatic heterocycles. The summed E-state index contributed by atoms with van der Waals surface area (Å²) < 4.78 is 41.4. The molecule has 10 nitrogen and oxygen atoms in total. The number of nitrogens with two attached hydrogens (primary N) is 2. The highest BCUT2D eigenvalue weighted by molar-refractivity contribution is 6.33. The second kappa shape index (κ2) is 16.0. The predicted molar refractivity (Wildman–Crippen MR) is 190 cm³/mol. The lowest BCUT2D eigenvalue weighted by Crippen LogP contribution is -2.58. The highest BCUT2D eigenvalue weighted by Crippen LogP contribution is 2.38. The smallest absolute Gasteiger partial charge is 0.399 e. The van der Waals surface area contributed by atoms with Crippen LogP contribution in [-0.4, -0.2) is 115 Å². The van der Waals surface area contributed by atoms with Crippen molar-refractivity contribution in [3.63, 3.8) is 0 Å². The van der Waals surface area contributed by atoms with Crippen LogP contribution in [-0.2, 0) is 23.8 Å². The van der Waals surface area contributed by atoms with Crippen LogP contribution in [0.1, 0.15) is 55.2 Å². The number of nitrogens with zero attached hydrogens (tertiary/aromatic N) is 4. The first-order valence-corrected chi connectivity index (χ1v) is 18.4. The van der Waals surface area contributed by atoms with E-state index in [-0.39, 0.29) is 29.0 Å². The molecule has 274 valence electrons. The van der Waals surface area contributed by atoms with Gasteiger partial charge in [0.2, 0.25) is 5.91 Å². The SMILES string of the molecule is Nc1ccccc1CCNC1CCN(C(=O)N[C@H](Cc2cc(Cl)c(N)c(C(F)(F)F)c2)C(=O)N2CCC(N3CCN(C4CC4)CC3)CC2)CC1. The van der Waals surface area contributed by atoms with E-state index in [0.29, 0.717) is 32.2 Å². The number of anilines is 2. The van der Waals surface area contributed by atoms with Gasteiger partial charge in [0.05, 0.1) is 16.3 Å². The summed E-state index contributed by atoms with van der Waals surface area (Å²) in [4.78, 5) is 36.2. The molecule has 1 atom stereocenters. The Balaban J connectivity index is 1.07. The molecule has 1 aliphatic carbocycles. The molecule has 0 radical (unpaired) electrons. The molecule has 3 amide bonds. The van der Waals surface area contributed by atoms with Gasteiger partial charge in [-0.2, -0.15) is 13.2 Å². The molecule has 6 N–H and O–H groups in total. The molecular weight excluding hydrogens is 669 g/mol. The molecule has 0 spiro atoms. The summed E-state index contributed by atoms with van der Waals surface area (Å²) in [7, 11) is 0. The van der Waals surface area contributed by atoms with Crippen molar-refractivity contribution in [3.05, 3.63) is 58.1 Å². The lowest BCUT2D eigenvalue weighted by Gasteiger charge is -2.43. The first kappa shape index (κ1) is 36.5. The van der Waals surface area contributed by atoms with E-state index >= 15 is 0 Å². The molecule has 3 saturated heterocycles. The number of nitrogen functional groups attached to an aromatic ring is 2. The third kappa shape index (κ3) is 9.15. The summed E-state index contributed by atoms with van der Waals surface area (Å²) in [6.07, 6.45) is 1.66. The van der Waals surface area contributed by atoms with Crippen LogP contribution in [0.5, 0.6) is 0 Å². The molecule has 4 fully saturated rings. The van der Waals surface area contributed by atoms with Crippen LogP contribution in [0.25, 0.3) is 0 Å². The average molecular weight is 719 g/mol. The lowest BCUT2D eigenvalue weighted by atomic mass is 9.98. The largest absolute Gasteiger partial charge is 0.418 e. The van der Waals surface area contributed by atoms with Gasteiger partial charge in [0.15, 0.2) is 0 Å². The Morgan fingerprint density at radius 1 is 0.840 bits per heavy atom. The number of amides is 3. The number of carbonyl (C=O) groups is 2. The number of likely N-dealkylation sites (tertiary alicyclic amines) is 2. The standard InChI is InChI=1S/C36H50ClF3N8O2/c37-30-22-24(21-29(33(30)42)36(38,39)40)23-32(34(49)47-15-10-28(11-16-47)46-19-17-45(18-20-46)27-5-6-27)44-35(50)48-13-8-26(9-14-48)43-12-7-25-3-1-2-4-31(25)41/h1-4,21-22,26-28,32,43H,5-20,23,41-42H2,(H,44,50)/t32-/m1/s1. The summed E-state index contributed by atoms with van der Waals surface area (Å²) in [5, 5.41) is 6.22. The number of piperazine rings is 1. The number of nitrogens with one attached hydrogen (secondary N) is 2. The fourth-order valence-electron chi connectivity index (χ4n) is 7.74. The molecule has 6 rings (SSSR count). The molecule has 3 heterocycles. The van der Waals surface area contributed by atoms with E-state index in [1.807, 2.05) is 24.3 Å². The minimum atomic E-state index is -4.72. The molecule has 50 heavy (non-hydrogen) atoms. The Kier molecular flexibility index (Phi) is 11.7. The monoisotopic (exact) mass is 718 g/mol. The highest BCUT2D eigenvalue weighted by atomic mass is 35.5. The van der Waals surface area contributed by atoms with Crippen molar-refractivity contribution in [2.24, 2.45) is 0 Å². The second-order valence-electron chi connectivity index (χ2n) is 14.3. The number of carbonyl (C=O) groups excluding carboxylic acids is 2. The van der Waals surface area contributed by atoms with E-state index < -0.39 is 29.5 Å². The van der Waals surface area contributed by atoms with Gasteiger partial charge in [0.1, 0.15) is 6.04 Å². The van der Waals surface area contributed by atoms with Gasteiger partial charge in [-0.3, -0.25) is 14.6 Å². The molecule has 4 aliphatic rings. The summed E-state index contributed by atoms with van der Waals surface area (Å²) >= 11 is 6.14. The molecule has 2 aromatic rings. The van der Waals surface area contributed by atoms with Crippen molar-refractivity contribution in [2.75, 3.05) is 70.4 Å². The number of piperidine rings is 2. The van der Waals surface area contributed by atoms with Gasteiger partial charge < -0.3 is 31.9 Å². The second-order valence-corrected chi connectivity index (χ2v) is 14.7. The van der Waals surface area contributed by atoms with Crippen LogP contribution < -0.4 is 22.1 Å². The lowest BCUT2D eigenvalue weighted by molar-refractivity contribution is -0.137. The maximum Gasteiger partial charge on any atom is 0.418 e. The number of hydrogen-bond acceptors (Lipinski definition) is 7. The topological polar surface area (TPSA) is 123 Å². The van der Waals surface area contributed by atoms with Gasteiger partial charge in [-0.25, -0.2) is 4.79 Å². The average Bonchev–Trinajstić information content (AvgIpc) is 3.96. The van der Waals surface area contributed by atoms with E-state index in [9.17, 15) is 22.8 Å². The quantitative estimate of drug-likeness (QED) is 0.272. The van der Waals surface area contributed by atoms with Crippen molar-refractivity contribution in [1.82, 2.24) is 30.2 Å². The zero-order chi connectivity index (χ0) is 35.4. The Morgan fingerprint density at radius 3 is 2.04 bits per heavy atom. The number of hydrogen-bond donors (Lipinski definition) is 4. The highest BCUT2D eigenvalue weighted by Gasteiger charge is 2.38. The van der Waals surface area contributed by atoms with Crippen LogP contribution in [0.3, 0.4) is 0 Å². The number of para-hydroxylation sites is 1. The van der Waals surface area contributed by atoms with Crippen LogP contribution >= 0.6 is 11.6 Å². The third-order valence-corrected chi connectivity index (χ3v) is 11.2. The van der Waals surface area contributed by atoms with Gasteiger partial charge in [0.25, 0.3) is 0 Å². The third-order valence-electron chi connectivity index (χ3n) is 10.9. The van der Waals surface area contributed by atoms with E-state index in [2.05, 4.69) is 20.4 Å². The summed E-state index contributed by atoms with van der Waals surface area (Å²) in [5.41, 5.74) is 12.2. The van der Waals surface area contributed by atoms with Crippen molar-refractivity contribution in [3.8, 4) is 0 Å².